The smallest absolute Gasteiger partial charge is 0.306 e. The van der Waals surface area contributed by atoms with Crippen LogP contribution in [0, 0.1) is 0 Å². The molecule has 1 unspecified atom stereocenters. The summed E-state index contributed by atoms with van der Waals surface area (Å²) in [4.78, 5) is 11.8. The highest BCUT2D eigenvalue weighted by Gasteiger charge is 2.18. The minimum Gasteiger partial charge on any atom is -0.466 e. The van der Waals surface area contributed by atoms with Gasteiger partial charge < -0.3 is 4.74 Å². The largest absolute Gasteiger partial charge is 0.466 e. The lowest BCUT2D eigenvalue weighted by Crippen LogP contribution is -2.11. The van der Waals surface area contributed by atoms with E-state index in [9.17, 15) is 4.79 Å². The lowest BCUT2D eigenvalue weighted by atomic mass is 9.88. The Labute approximate surface area is 124 Å². The fourth-order valence-corrected chi connectivity index (χ4v) is 2.32. The molecule has 104 valence electrons. The van der Waals surface area contributed by atoms with Gasteiger partial charge in [0, 0.05) is 10.9 Å². The summed E-state index contributed by atoms with van der Waals surface area (Å²) < 4.78 is 5.07. The first-order valence-corrected chi connectivity index (χ1v) is 7.04. The lowest BCUT2D eigenvalue weighted by molar-refractivity contribution is -0.143. The molecule has 0 saturated heterocycles. The number of carbonyl (C=O) groups excluding carboxylic acids is 1. The van der Waals surface area contributed by atoms with Crippen molar-refractivity contribution in [1.29, 1.82) is 0 Å². The minimum atomic E-state index is -0.184. The molecule has 0 aliphatic heterocycles. The third-order valence-electron chi connectivity index (χ3n) is 3.15. The third-order valence-corrected chi connectivity index (χ3v) is 3.40. The standard InChI is InChI=1S/C17H17ClO2/c1-2-20-17(19)12-16(13-6-4-3-5-7-13)14-8-10-15(18)11-9-14/h3-11,16H,2,12H2,1H3. The van der Waals surface area contributed by atoms with Crippen LogP contribution in [0.5, 0.6) is 0 Å². The van der Waals surface area contributed by atoms with Crippen molar-refractivity contribution in [3.8, 4) is 0 Å². The molecule has 0 heterocycles. The van der Waals surface area contributed by atoms with Crippen LogP contribution in [-0.2, 0) is 9.53 Å². The average molecular weight is 289 g/mol. The Morgan fingerprint density at radius 1 is 1.05 bits per heavy atom. The molecule has 20 heavy (non-hydrogen) atoms. The fourth-order valence-electron chi connectivity index (χ4n) is 2.20. The maximum Gasteiger partial charge on any atom is 0.306 e. The number of hydrogen-bond donors (Lipinski definition) is 0. The third kappa shape index (κ3) is 3.84. The summed E-state index contributed by atoms with van der Waals surface area (Å²) in [7, 11) is 0. The molecule has 2 rings (SSSR count). The van der Waals surface area contributed by atoms with Crippen LogP contribution in [0.4, 0.5) is 0 Å². The van der Waals surface area contributed by atoms with Crippen molar-refractivity contribution in [2.45, 2.75) is 19.3 Å². The second-order valence-corrected chi connectivity index (χ2v) is 4.96. The molecule has 0 spiro atoms. The van der Waals surface area contributed by atoms with Gasteiger partial charge in [-0.15, -0.1) is 0 Å². The number of ether oxygens (including phenoxy) is 1. The number of rotatable bonds is 5. The summed E-state index contributed by atoms with van der Waals surface area (Å²) in [6.07, 6.45) is 0.333. The summed E-state index contributed by atoms with van der Waals surface area (Å²) in [5.74, 6) is -0.191. The van der Waals surface area contributed by atoms with Crippen LogP contribution in [0.3, 0.4) is 0 Å². The average Bonchev–Trinajstić information content (AvgIpc) is 2.47. The molecule has 0 saturated carbocycles. The van der Waals surface area contributed by atoms with E-state index in [4.69, 9.17) is 16.3 Å². The molecule has 2 aromatic rings. The molecule has 1 atom stereocenters. The molecular weight excluding hydrogens is 272 g/mol. The fraction of sp³-hybridized carbons (Fsp3) is 0.235. The van der Waals surface area contributed by atoms with Crippen molar-refractivity contribution in [2.24, 2.45) is 0 Å². The predicted molar refractivity (Wildman–Crippen MR) is 81.0 cm³/mol. The highest BCUT2D eigenvalue weighted by molar-refractivity contribution is 6.30. The van der Waals surface area contributed by atoms with Crippen molar-refractivity contribution in [3.05, 3.63) is 70.7 Å². The maximum atomic E-state index is 11.8. The van der Waals surface area contributed by atoms with Crippen molar-refractivity contribution in [1.82, 2.24) is 0 Å². The minimum absolute atomic E-state index is 0.00693. The highest BCUT2D eigenvalue weighted by Crippen LogP contribution is 2.29. The van der Waals surface area contributed by atoms with Crippen LogP contribution in [0.15, 0.2) is 54.6 Å². The van der Waals surface area contributed by atoms with E-state index >= 15 is 0 Å². The van der Waals surface area contributed by atoms with Crippen LogP contribution in [0.1, 0.15) is 30.4 Å². The van der Waals surface area contributed by atoms with Gasteiger partial charge in [0.25, 0.3) is 0 Å². The van der Waals surface area contributed by atoms with Crippen molar-refractivity contribution in [3.63, 3.8) is 0 Å². The van der Waals surface area contributed by atoms with Crippen molar-refractivity contribution >= 4 is 17.6 Å². The maximum absolute atomic E-state index is 11.8. The molecule has 0 aliphatic carbocycles. The van der Waals surface area contributed by atoms with Gasteiger partial charge >= 0.3 is 5.97 Å². The van der Waals surface area contributed by atoms with Gasteiger partial charge in [-0.3, -0.25) is 4.79 Å². The molecule has 2 nitrogen and oxygen atoms in total. The molecule has 0 fully saturated rings. The van der Waals surface area contributed by atoms with E-state index in [1.807, 2.05) is 61.5 Å². The molecule has 0 N–H and O–H groups in total. The number of esters is 1. The Balaban J connectivity index is 2.29. The van der Waals surface area contributed by atoms with E-state index in [2.05, 4.69) is 0 Å². The van der Waals surface area contributed by atoms with Crippen LogP contribution in [-0.4, -0.2) is 12.6 Å². The van der Waals surface area contributed by atoms with Gasteiger partial charge in [0.15, 0.2) is 0 Å². The molecular formula is C17H17ClO2. The first-order chi connectivity index (χ1) is 9.70. The van der Waals surface area contributed by atoms with E-state index < -0.39 is 0 Å². The van der Waals surface area contributed by atoms with Gasteiger partial charge in [0.05, 0.1) is 13.0 Å². The van der Waals surface area contributed by atoms with Gasteiger partial charge in [-0.25, -0.2) is 0 Å². The lowest BCUT2D eigenvalue weighted by Gasteiger charge is -2.17. The number of benzene rings is 2. The summed E-state index contributed by atoms with van der Waals surface area (Å²) in [5, 5.41) is 0.691. The zero-order valence-electron chi connectivity index (χ0n) is 11.4. The quantitative estimate of drug-likeness (QED) is 0.761. The predicted octanol–water partition coefficient (Wildman–Crippen LogP) is 4.43. The second kappa shape index (κ2) is 7.11. The van der Waals surface area contributed by atoms with Gasteiger partial charge in [-0.05, 0) is 30.2 Å². The number of halogens is 1. The SMILES string of the molecule is CCOC(=O)CC(c1ccccc1)c1ccc(Cl)cc1. The first kappa shape index (κ1) is 14.6. The van der Waals surface area contributed by atoms with Gasteiger partial charge in [-0.1, -0.05) is 54.1 Å². The Hall–Kier alpha value is -1.80. The molecule has 0 bridgehead atoms. The van der Waals surface area contributed by atoms with Crippen LogP contribution in [0.25, 0.3) is 0 Å². The van der Waals surface area contributed by atoms with Gasteiger partial charge in [0.1, 0.15) is 0 Å². The van der Waals surface area contributed by atoms with Crippen molar-refractivity contribution < 1.29 is 9.53 Å². The van der Waals surface area contributed by atoms with E-state index in [1.54, 1.807) is 0 Å². The zero-order chi connectivity index (χ0) is 14.4. The Morgan fingerprint density at radius 3 is 2.25 bits per heavy atom. The van der Waals surface area contributed by atoms with Gasteiger partial charge in [-0.2, -0.15) is 0 Å². The van der Waals surface area contributed by atoms with E-state index in [-0.39, 0.29) is 11.9 Å². The monoisotopic (exact) mass is 288 g/mol. The van der Waals surface area contributed by atoms with Crippen LogP contribution < -0.4 is 0 Å². The van der Waals surface area contributed by atoms with Crippen LogP contribution >= 0.6 is 11.6 Å². The molecule has 2 aromatic carbocycles. The highest BCUT2D eigenvalue weighted by atomic mass is 35.5. The first-order valence-electron chi connectivity index (χ1n) is 6.66. The summed E-state index contributed by atoms with van der Waals surface area (Å²) in [5.41, 5.74) is 2.16. The Bertz CT molecular complexity index is 549. The Morgan fingerprint density at radius 2 is 1.65 bits per heavy atom. The zero-order valence-corrected chi connectivity index (χ0v) is 12.1. The molecule has 0 aromatic heterocycles. The summed E-state index contributed by atoms with van der Waals surface area (Å²) in [6.45, 7) is 2.22. The topological polar surface area (TPSA) is 26.3 Å². The molecule has 0 amide bonds. The molecule has 3 heteroatoms. The van der Waals surface area contributed by atoms with E-state index in [0.29, 0.717) is 18.1 Å². The van der Waals surface area contributed by atoms with Crippen LogP contribution in [0.2, 0.25) is 5.02 Å². The van der Waals surface area contributed by atoms with Crippen molar-refractivity contribution in [2.75, 3.05) is 6.61 Å². The number of carbonyl (C=O) groups is 1. The Kier molecular flexibility index (Phi) is 5.19. The number of hydrogen-bond acceptors (Lipinski definition) is 2. The summed E-state index contributed by atoms with van der Waals surface area (Å²) >= 11 is 5.93. The van der Waals surface area contributed by atoms with E-state index in [1.165, 1.54) is 0 Å². The molecule has 0 radical (unpaired) electrons. The second-order valence-electron chi connectivity index (χ2n) is 4.52. The molecule has 0 aliphatic rings. The summed E-state index contributed by atoms with van der Waals surface area (Å²) in [6, 6.07) is 17.6. The van der Waals surface area contributed by atoms with Gasteiger partial charge in [0.2, 0.25) is 0 Å². The van der Waals surface area contributed by atoms with E-state index in [0.717, 1.165) is 11.1 Å². The normalized spacial score (nSPS) is 11.9.